The van der Waals surface area contributed by atoms with Crippen LogP contribution < -0.4 is 10.2 Å². The summed E-state index contributed by atoms with van der Waals surface area (Å²) in [6.45, 7) is 3.26. The van der Waals surface area contributed by atoms with Crippen LogP contribution in [0.2, 0.25) is 0 Å². The average Bonchev–Trinajstić information content (AvgIpc) is 2.61. The highest BCUT2D eigenvalue weighted by molar-refractivity contribution is 5.93. The Hall–Kier alpha value is -3.28. The summed E-state index contributed by atoms with van der Waals surface area (Å²) in [5.41, 5.74) is 3.00. The lowest BCUT2D eigenvalue weighted by molar-refractivity contribution is -0.120. The van der Waals surface area contributed by atoms with Crippen molar-refractivity contribution < 1.29 is 4.79 Å². The molecule has 6 heteroatoms. The Morgan fingerprint density at radius 1 is 1.08 bits per heavy atom. The Bertz CT molecular complexity index is 922. The van der Waals surface area contributed by atoms with Gasteiger partial charge in [-0.15, -0.1) is 0 Å². The summed E-state index contributed by atoms with van der Waals surface area (Å²) in [5, 5.41) is 2.88. The highest BCUT2D eigenvalue weighted by Crippen LogP contribution is 2.26. The molecule has 26 heavy (non-hydrogen) atoms. The molecule has 0 atom stereocenters. The maximum Gasteiger partial charge on any atom is 0.232 e. The quantitative estimate of drug-likeness (QED) is 0.787. The largest absolute Gasteiger partial charge is 0.355 e. The van der Waals surface area contributed by atoms with E-state index in [0.717, 1.165) is 22.6 Å². The van der Waals surface area contributed by atoms with E-state index in [1.807, 2.05) is 55.5 Å². The molecule has 1 aliphatic heterocycles. The second-order valence-electron chi connectivity index (χ2n) is 6.44. The van der Waals surface area contributed by atoms with Crippen LogP contribution in [-0.2, 0) is 4.79 Å². The number of aryl methyl sites for hydroxylation is 1. The number of anilines is 2. The summed E-state index contributed by atoms with van der Waals surface area (Å²) in [6, 6.07) is 15.7. The number of hydrogen-bond acceptors (Lipinski definition) is 5. The van der Waals surface area contributed by atoms with Crippen LogP contribution in [0.15, 0.2) is 61.1 Å². The number of pyridine rings is 1. The van der Waals surface area contributed by atoms with Gasteiger partial charge in [-0.25, -0.2) is 15.0 Å². The predicted octanol–water partition coefficient (Wildman–Crippen LogP) is 2.92. The van der Waals surface area contributed by atoms with Gasteiger partial charge >= 0.3 is 0 Å². The van der Waals surface area contributed by atoms with Gasteiger partial charge in [0.15, 0.2) is 0 Å². The van der Waals surface area contributed by atoms with E-state index in [0.29, 0.717) is 18.9 Å². The number of hydrogen-bond donors (Lipinski definition) is 1. The van der Waals surface area contributed by atoms with Crippen LogP contribution in [0.25, 0.3) is 11.3 Å². The van der Waals surface area contributed by atoms with Crippen LogP contribution in [0.5, 0.6) is 0 Å². The molecule has 130 valence electrons. The molecule has 4 rings (SSSR count). The molecule has 1 aliphatic rings. The second kappa shape index (κ2) is 6.92. The minimum atomic E-state index is -0.0625. The topological polar surface area (TPSA) is 71.0 Å². The van der Waals surface area contributed by atoms with Crippen molar-refractivity contribution in [1.82, 2.24) is 15.0 Å². The van der Waals surface area contributed by atoms with Crippen molar-refractivity contribution in [1.29, 1.82) is 0 Å². The molecule has 1 amide bonds. The fraction of sp³-hybridized carbons (Fsp3) is 0.200. The van der Waals surface area contributed by atoms with Crippen molar-refractivity contribution in [2.45, 2.75) is 6.92 Å². The highest BCUT2D eigenvalue weighted by atomic mass is 16.2. The maximum atomic E-state index is 12.4. The molecular formula is C20H19N5O. The van der Waals surface area contributed by atoms with E-state index in [4.69, 9.17) is 0 Å². The third-order valence-corrected chi connectivity index (χ3v) is 4.47. The van der Waals surface area contributed by atoms with Crippen molar-refractivity contribution in [3.63, 3.8) is 0 Å². The van der Waals surface area contributed by atoms with E-state index in [1.165, 1.54) is 0 Å². The van der Waals surface area contributed by atoms with Crippen molar-refractivity contribution >= 4 is 17.5 Å². The number of nitrogens with one attached hydrogen (secondary N) is 1. The fourth-order valence-corrected chi connectivity index (χ4v) is 2.95. The lowest BCUT2D eigenvalue weighted by Crippen LogP contribution is -2.52. The number of nitrogens with zero attached hydrogens (tertiary/aromatic N) is 4. The third-order valence-electron chi connectivity index (χ3n) is 4.47. The van der Waals surface area contributed by atoms with Gasteiger partial charge in [-0.2, -0.15) is 0 Å². The number of aromatic nitrogens is 3. The van der Waals surface area contributed by atoms with Crippen molar-refractivity contribution in [3.8, 4) is 11.3 Å². The van der Waals surface area contributed by atoms with Crippen LogP contribution in [-0.4, -0.2) is 33.9 Å². The molecule has 1 N–H and O–H groups in total. The van der Waals surface area contributed by atoms with Crippen LogP contribution in [0.3, 0.4) is 0 Å². The summed E-state index contributed by atoms with van der Waals surface area (Å²) in [4.78, 5) is 27.3. The number of rotatable bonds is 4. The predicted molar refractivity (Wildman–Crippen MR) is 101 cm³/mol. The lowest BCUT2D eigenvalue weighted by Gasteiger charge is -2.39. The zero-order valence-electron chi connectivity index (χ0n) is 14.5. The molecular weight excluding hydrogens is 326 g/mol. The lowest BCUT2D eigenvalue weighted by atomic mass is 9.99. The van der Waals surface area contributed by atoms with Gasteiger partial charge in [-0.05, 0) is 24.6 Å². The number of carbonyl (C=O) groups is 1. The van der Waals surface area contributed by atoms with Gasteiger partial charge < -0.3 is 10.2 Å². The Kier molecular flexibility index (Phi) is 4.31. The molecule has 3 aromatic rings. The number of benzene rings is 1. The first-order valence-electron chi connectivity index (χ1n) is 8.55. The zero-order chi connectivity index (χ0) is 17.9. The van der Waals surface area contributed by atoms with Crippen molar-refractivity contribution in [3.05, 3.63) is 66.6 Å². The first kappa shape index (κ1) is 16.2. The zero-order valence-corrected chi connectivity index (χ0v) is 14.5. The molecule has 0 aliphatic carbocycles. The normalized spacial score (nSPS) is 14.0. The Balaban J connectivity index is 1.39. The van der Waals surface area contributed by atoms with Gasteiger partial charge in [0.25, 0.3) is 0 Å². The van der Waals surface area contributed by atoms with Gasteiger partial charge in [-0.3, -0.25) is 4.79 Å². The van der Waals surface area contributed by atoms with Gasteiger partial charge in [0.1, 0.15) is 18.0 Å². The summed E-state index contributed by atoms with van der Waals surface area (Å²) in [6.07, 6.45) is 3.27. The minimum absolute atomic E-state index is 0.00307. The Morgan fingerprint density at radius 3 is 2.65 bits per heavy atom. The number of carbonyl (C=O) groups excluding carboxylic acids is 1. The summed E-state index contributed by atoms with van der Waals surface area (Å²) in [7, 11) is 0. The monoisotopic (exact) mass is 345 g/mol. The average molecular weight is 345 g/mol. The minimum Gasteiger partial charge on any atom is -0.355 e. The SMILES string of the molecule is Cc1ccnc(NC(=O)C2CN(c3cc(-c4ccccc4)ncn3)C2)c1. The van der Waals surface area contributed by atoms with Crippen molar-refractivity contribution in [2.24, 2.45) is 5.92 Å². The molecule has 0 spiro atoms. The van der Waals surface area contributed by atoms with Crippen LogP contribution in [0.1, 0.15) is 5.56 Å². The molecule has 0 bridgehead atoms. The van der Waals surface area contributed by atoms with E-state index >= 15 is 0 Å². The number of amides is 1. The molecule has 3 heterocycles. The first-order valence-corrected chi connectivity index (χ1v) is 8.55. The van der Waals surface area contributed by atoms with E-state index < -0.39 is 0 Å². The Morgan fingerprint density at radius 2 is 1.88 bits per heavy atom. The highest BCUT2D eigenvalue weighted by Gasteiger charge is 2.33. The molecule has 1 aromatic carbocycles. The van der Waals surface area contributed by atoms with E-state index in [9.17, 15) is 4.79 Å². The van der Waals surface area contributed by atoms with E-state index in [2.05, 4.69) is 25.2 Å². The standard InChI is InChI=1S/C20H19N5O/c1-14-7-8-21-18(9-14)24-20(26)16-11-25(12-16)19-10-17(22-13-23-19)15-5-3-2-4-6-15/h2-10,13,16H,11-12H2,1H3,(H,21,24,26). The van der Waals surface area contributed by atoms with Crippen LogP contribution >= 0.6 is 0 Å². The van der Waals surface area contributed by atoms with Crippen LogP contribution in [0, 0.1) is 12.8 Å². The van der Waals surface area contributed by atoms with Gasteiger partial charge in [0.05, 0.1) is 11.6 Å². The smallest absolute Gasteiger partial charge is 0.232 e. The second-order valence-corrected chi connectivity index (χ2v) is 6.44. The van der Waals surface area contributed by atoms with Gasteiger partial charge in [-0.1, -0.05) is 30.3 Å². The molecule has 1 saturated heterocycles. The Labute approximate surface area is 151 Å². The molecule has 0 saturated carbocycles. The fourth-order valence-electron chi connectivity index (χ4n) is 2.95. The molecule has 1 fully saturated rings. The maximum absolute atomic E-state index is 12.4. The molecule has 0 radical (unpaired) electrons. The van der Waals surface area contributed by atoms with Crippen LogP contribution in [0.4, 0.5) is 11.6 Å². The molecule has 6 nitrogen and oxygen atoms in total. The summed E-state index contributed by atoms with van der Waals surface area (Å²) < 4.78 is 0. The summed E-state index contributed by atoms with van der Waals surface area (Å²) >= 11 is 0. The third kappa shape index (κ3) is 3.39. The molecule has 2 aromatic heterocycles. The molecule has 0 unspecified atom stereocenters. The van der Waals surface area contributed by atoms with Gasteiger partial charge in [0, 0.05) is 30.9 Å². The van der Waals surface area contributed by atoms with E-state index in [-0.39, 0.29) is 11.8 Å². The summed E-state index contributed by atoms with van der Waals surface area (Å²) in [5.74, 6) is 1.38. The first-order chi connectivity index (χ1) is 12.7. The van der Waals surface area contributed by atoms with Gasteiger partial charge in [0.2, 0.25) is 5.91 Å². The van der Waals surface area contributed by atoms with Crippen molar-refractivity contribution in [2.75, 3.05) is 23.3 Å². The van der Waals surface area contributed by atoms with E-state index in [1.54, 1.807) is 12.5 Å².